The zero-order chi connectivity index (χ0) is 30.7. The van der Waals surface area contributed by atoms with Crippen molar-refractivity contribution >= 4 is 45.2 Å². The molecule has 0 radical (unpaired) electrons. The van der Waals surface area contributed by atoms with E-state index < -0.39 is 29.6 Å². The number of Topliss-reactive ketones (excluding diaryl/α,β-unsaturated/α-hetero) is 1. The van der Waals surface area contributed by atoms with E-state index >= 15 is 0 Å². The van der Waals surface area contributed by atoms with E-state index in [1.54, 1.807) is 53.1 Å². The number of hydrogen-bond donors (Lipinski definition) is 0. The minimum absolute atomic E-state index is 0.0479. The van der Waals surface area contributed by atoms with Gasteiger partial charge in [-0.2, -0.15) is 10.2 Å². The van der Waals surface area contributed by atoms with E-state index in [9.17, 15) is 23.2 Å². The van der Waals surface area contributed by atoms with Gasteiger partial charge in [0.2, 0.25) is 0 Å². The van der Waals surface area contributed by atoms with Crippen LogP contribution in [0.15, 0.2) is 79.3 Å². The number of hydrogen-bond acceptors (Lipinski definition) is 7. The van der Waals surface area contributed by atoms with Crippen molar-refractivity contribution in [3.05, 3.63) is 108 Å². The van der Waals surface area contributed by atoms with E-state index in [4.69, 9.17) is 4.74 Å². The van der Waals surface area contributed by atoms with Gasteiger partial charge < -0.3 is 4.74 Å². The predicted octanol–water partition coefficient (Wildman–Crippen LogP) is 5.58. The number of halogens is 2. The number of anilines is 1. The van der Waals surface area contributed by atoms with Crippen LogP contribution in [-0.4, -0.2) is 42.1 Å². The number of rotatable bonds is 7. The minimum atomic E-state index is -0.956. The van der Waals surface area contributed by atoms with Crippen LogP contribution >= 0.6 is 0 Å². The van der Waals surface area contributed by atoms with Crippen molar-refractivity contribution in [2.24, 2.45) is 0 Å². The fraction of sp³-hybridized carbons (Fsp3) is 0.125. The van der Waals surface area contributed by atoms with E-state index in [0.29, 0.717) is 22.8 Å². The number of amides is 2. The van der Waals surface area contributed by atoms with Gasteiger partial charge in [-0.1, -0.05) is 12.1 Å². The SMILES string of the molecule is CC(=O)Cn1ncc2cc(-n3cccn3)c([C@H](C)Oc3cc4cc(F)cc(F)c4nc3N3C(=O)c4ccccc4C3=O)cc21. The molecule has 1 aliphatic rings. The second kappa shape index (κ2) is 10.2. The topological polar surface area (TPSA) is 112 Å². The molecule has 3 aromatic carbocycles. The molecule has 0 unspecified atom stereocenters. The van der Waals surface area contributed by atoms with Crippen LogP contribution in [0.2, 0.25) is 0 Å². The van der Waals surface area contributed by atoms with Gasteiger partial charge in [-0.05, 0) is 56.3 Å². The predicted molar refractivity (Wildman–Crippen MR) is 156 cm³/mol. The van der Waals surface area contributed by atoms with Gasteiger partial charge in [-0.25, -0.2) is 23.3 Å². The highest BCUT2D eigenvalue weighted by molar-refractivity contribution is 6.34. The van der Waals surface area contributed by atoms with Crippen molar-refractivity contribution in [3.8, 4) is 11.4 Å². The van der Waals surface area contributed by atoms with Crippen LogP contribution in [0.3, 0.4) is 0 Å². The maximum absolute atomic E-state index is 14.9. The molecule has 12 heteroatoms. The van der Waals surface area contributed by atoms with Gasteiger partial charge in [0.15, 0.2) is 23.2 Å². The fourth-order valence-corrected chi connectivity index (χ4v) is 5.47. The van der Waals surface area contributed by atoms with Crippen molar-refractivity contribution in [1.82, 2.24) is 24.5 Å². The molecule has 10 nitrogen and oxygen atoms in total. The van der Waals surface area contributed by atoms with Gasteiger partial charge in [0.25, 0.3) is 11.8 Å². The third kappa shape index (κ3) is 4.39. The van der Waals surface area contributed by atoms with Gasteiger partial charge >= 0.3 is 0 Å². The maximum atomic E-state index is 14.9. The third-order valence-electron chi connectivity index (χ3n) is 7.44. The average molecular weight is 593 g/mol. The summed E-state index contributed by atoms with van der Waals surface area (Å²) in [6, 6.07) is 14.9. The van der Waals surface area contributed by atoms with Crippen LogP contribution in [-0.2, 0) is 11.3 Å². The number of ketones is 1. The fourth-order valence-electron chi connectivity index (χ4n) is 5.47. The molecule has 0 bridgehead atoms. The number of imide groups is 1. The molecule has 1 aliphatic heterocycles. The summed E-state index contributed by atoms with van der Waals surface area (Å²) in [7, 11) is 0. The Bertz CT molecular complexity index is 2120. The number of aromatic nitrogens is 5. The summed E-state index contributed by atoms with van der Waals surface area (Å²) in [4.78, 5) is 44.0. The highest BCUT2D eigenvalue weighted by atomic mass is 19.1. The summed E-state index contributed by atoms with van der Waals surface area (Å²) < 4.78 is 38.8. The molecule has 0 N–H and O–H groups in total. The number of carbonyl (C=O) groups excluding carboxylic acids is 3. The van der Waals surface area contributed by atoms with Crippen molar-refractivity contribution in [3.63, 3.8) is 0 Å². The zero-order valence-electron chi connectivity index (χ0n) is 23.4. The number of benzene rings is 3. The van der Waals surface area contributed by atoms with E-state index in [2.05, 4.69) is 15.2 Å². The molecule has 3 aromatic heterocycles. The molecular formula is C32H22F2N6O4. The Morgan fingerprint density at radius 3 is 2.39 bits per heavy atom. The Balaban J connectivity index is 1.39. The highest BCUT2D eigenvalue weighted by Gasteiger charge is 2.39. The van der Waals surface area contributed by atoms with E-state index in [0.717, 1.165) is 16.4 Å². The van der Waals surface area contributed by atoms with Crippen LogP contribution in [0, 0.1) is 11.6 Å². The van der Waals surface area contributed by atoms with Crippen molar-refractivity contribution in [2.75, 3.05) is 4.90 Å². The van der Waals surface area contributed by atoms with Crippen LogP contribution in [0.25, 0.3) is 27.5 Å². The Kier molecular flexibility index (Phi) is 6.27. The van der Waals surface area contributed by atoms with Crippen LogP contribution < -0.4 is 9.64 Å². The molecule has 218 valence electrons. The Labute approximate surface area is 248 Å². The van der Waals surface area contributed by atoms with Gasteiger partial charge in [0.1, 0.15) is 17.4 Å². The highest BCUT2D eigenvalue weighted by Crippen LogP contribution is 2.39. The molecule has 4 heterocycles. The van der Waals surface area contributed by atoms with E-state index in [-0.39, 0.29) is 45.9 Å². The lowest BCUT2D eigenvalue weighted by Crippen LogP contribution is -2.31. The molecule has 0 spiro atoms. The molecule has 0 aliphatic carbocycles. The van der Waals surface area contributed by atoms with Crippen molar-refractivity contribution in [2.45, 2.75) is 26.5 Å². The zero-order valence-corrected chi connectivity index (χ0v) is 23.4. The van der Waals surface area contributed by atoms with E-state index in [1.165, 1.54) is 25.1 Å². The van der Waals surface area contributed by atoms with Crippen LogP contribution in [0.5, 0.6) is 5.75 Å². The summed E-state index contributed by atoms with van der Waals surface area (Å²) in [5.41, 5.74) is 2.04. The third-order valence-corrected chi connectivity index (χ3v) is 7.44. The Morgan fingerprint density at radius 2 is 1.70 bits per heavy atom. The summed E-state index contributed by atoms with van der Waals surface area (Å²) in [6.07, 6.45) is 4.24. The van der Waals surface area contributed by atoms with Crippen molar-refractivity contribution in [1.29, 1.82) is 0 Å². The van der Waals surface area contributed by atoms with Gasteiger partial charge in [-0.15, -0.1) is 0 Å². The molecule has 0 saturated carbocycles. The average Bonchev–Trinajstić information content (AvgIpc) is 3.72. The maximum Gasteiger partial charge on any atom is 0.267 e. The van der Waals surface area contributed by atoms with Gasteiger partial charge in [-0.3, -0.25) is 19.1 Å². The lowest BCUT2D eigenvalue weighted by Gasteiger charge is -2.23. The normalized spacial score (nSPS) is 13.6. The van der Waals surface area contributed by atoms with Gasteiger partial charge in [0, 0.05) is 34.8 Å². The molecule has 1 atom stereocenters. The summed E-state index contributed by atoms with van der Waals surface area (Å²) in [5.74, 6) is -3.44. The lowest BCUT2D eigenvalue weighted by molar-refractivity contribution is -0.117. The quantitative estimate of drug-likeness (QED) is 0.223. The Hall–Kier alpha value is -5.78. The first-order chi connectivity index (χ1) is 21.2. The molecule has 0 saturated heterocycles. The summed E-state index contributed by atoms with van der Waals surface area (Å²) >= 11 is 0. The monoisotopic (exact) mass is 592 g/mol. The van der Waals surface area contributed by atoms with Crippen LogP contribution in [0.4, 0.5) is 14.6 Å². The molecular weight excluding hydrogens is 570 g/mol. The molecule has 44 heavy (non-hydrogen) atoms. The van der Waals surface area contributed by atoms with E-state index in [1.807, 2.05) is 12.1 Å². The molecule has 2 amide bonds. The number of pyridine rings is 1. The standard InChI is InChI=1S/C32H22F2N6O4/c1-17(41)16-39-26-14-24(27(11-20(26)15-36-39)38-9-5-8-35-38)18(2)44-28-12-19-10-21(33)13-25(34)29(19)37-30(28)40-31(42)22-6-3-4-7-23(22)32(40)43/h3-15,18H,16H2,1-2H3/t18-/m0/s1. The second-order valence-electron chi connectivity index (χ2n) is 10.4. The number of carbonyl (C=O) groups is 3. The Morgan fingerprint density at radius 1 is 0.955 bits per heavy atom. The smallest absolute Gasteiger partial charge is 0.267 e. The molecule has 7 rings (SSSR count). The molecule has 6 aromatic rings. The summed E-state index contributed by atoms with van der Waals surface area (Å²) in [5, 5.41) is 9.57. The van der Waals surface area contributed by atoms with Crippen molar-refractivity contribution < 1.29 is 27.9 Å². The first-order valence-electron chi connectivity index (χ1n) is 13.6. The molecule has 0 fully saturated rings. The number of ether oxygens (including phenoxy) is 1. The number of fused-ring (bicyclic) bond motifs is 3. The van der Waals surface area contributed by atoms with Gasteiger partial charge in [0.05, 0.1) is 35.1 Å². The summed E-state index contributed by atoms with van der Waals surface area (Å²) in [6.45, 7) is 3.27. The first kappa shape index (κ1) is 27.1. The first-order valence-corrected chi connectivity index (χ1v) is 13.6. The largest absolute Gasteiger partial charge is 0.482 e. The number of nitrogens with zero attached hydrogens (tertiary/aromatic N) is 6. The van der Waals surface area contributed by atoms with Crippen LogP contribution in [0.1, 0.15) is 46.2 Å². The second-order valence-corrected chi connectivity index (χ2v) is 10.4. The minimum Gasteiger partial charge on any atom is -0.482 e. The lowest BCUT2D eigenvalue weighted by atomic mass is 10.1.